The standard InChI is InChI=1S/C27H23N3O4S2/c1-18-15-19(2)25-24(16-18)28-27(35-25)30(17-22-7-6-14-34-22)26(31)20-10-12-21(13-11-20)29-36(32,33)23-8-4-3-5-9-23/h3-16,29H,17H2,1-2H3. The molecular formula is C27H23N3O4S2. The molecule has 7 nitrogen and oxygen atoms in total. The zero-order valence-electron chi connectivity index (χ0n) is 19.6. The first-order valence-electron chi connectivity index (χ1n) is 11.2. The molecule has 0 aliphatic rings. The lowest BCUT2D eigenvalue weighted by Crippen LogP contribution is -2.30. The van der Waals surface area contributed by atoms with Crippen LogP contribution in [0.2, 0.25) is 0 Å². The molecule has 0 atom stereocenters. The third-order valence-electron chi connectivity index (χ3n) is 5.62. The zero-order chi connectivity index (χ0) is 25.3. The number of benzene rings is 3. The Morgan fingerprint density at radius 3 is 2.44 bits per heavy atom. The Kier molecular flexibility index (Phi) is 6.34. The van der Waals surface area contributed by atoms with Crippen LogP contribution in [0.5, 0.6) is 0 Å². The second-order valence-corrected chi connectivity index (χ2v) is 11.1. The molecule has 5 aromatic rings. The number of hydrogen-bond donors (Lipinski definition) is 1. The van der Waals surface area contributed by atoms with Gasteiger partial charge in [0.1, 0.15) is 5.76 Å². The number of aromatic nitrogens is 1. The summed E-state index contributed by atoms with van der Waals surface area (Å²) >= 11 is 1.45. The number of fused-ring (bicyclic) bond motifs is 1. The van der Waals surface area contributed by atoms with E-state index >= 15 is 0 Å². The molecule has 2 heterocycles. The van der Waals surface area contributed by atoms with E-state index in [1.165, 1.54) is 23.5 Å². The van der Waals surface area contributed by atoms with Gasteiger partial charge in [0.25, 0.3) is 15.9 Å². The van der Waals surface area contributed by atoms with Crippen LogP contribution in [0.15, 0.2) is 94.4 Å². The van der Waals surface area contributed by atoms with Crippen molar-refractivity contribution in [3.05, 3.63) is 108 Å². The van der Waals surface area contributed by atoms with E-state index in [1.807, 2.05) is 26.0 Å². The number of anilines is 2. The molecule has 2 aromatic heterocycles. The molecule has 0 aliphatic carbocycles. The molecule has 1 amide bonds. The van der Waals surface area contributed by atoms with Gasteiger partial charge in [-0.2, -0.15) is 0 Å². The second-order valence-electron chi connectivity index (χ2n) is 8.39. The van der Waals surface area contributed by atoms with Gasteiger partial charge >= 0.3 is 0 Å². The number of rotatable bonds is 7. The highest BCUT2D eigenvalue weighted by Crippen LogP contribution is 2.34. The van der Waals surface area contributed by atoms with Crippen LogP contribution in [-0.4, -0.2) is 19.3 Å². The van der Waals surface area contributed by atoms with Crippen LogP contribution >= 0.6 is 11.3 Å². The van der Waals surface area contributed by atoms with Crippen molar-refractivity contribution in [2.75, 3.05) is 9.62 Å². The summed E-state index contributed by atoms with van der Waals surface area (Å²) in [6.45, 7) is 4.27. The van der Waals surface area contributed by atoms with Crippen molar-refractivity contribution in [3.8, 4) is 0 Å². The molecule has 5 rings (SSSR count). The van der Waals surface area contributed by atoms with Crippen LogP contribution in [0.3, 0.4) is 0 Å². The Balaban J connectivity index is 1.44. The Hall–Kier alpha value is -3.95. The van der Waals surface area contributed by atoms with E-state index in [4.69, 9.17) is 9.40 Å². The molecule has 0 saturated carbocycles. The minimum atomic E-state index is -3.73. The van der Waals surface area contributed by atoms with Crippen LogP contribution in [0.1, 0.15) is 27.2 Å². The number of nitrogens with one attached hydrogen (secondary N) is 1. The highest BCUT2D eigenvalue weighted by Gasteiger charge is 2.23. The largest absolute Gasteiger partial charge is 0.467 e. The number of aryl methyl sites for hydroxylation is 2. The van der Waals surface area contributed by atoms with Crippen LogP contribution in [0.4, 0.5) is 10.8 Å². The van der Waals surface area contributed by atoms with Crippen LogP contribution in [-0.2, 0) is 16.6 Å². The van der Waals surface area contributed by atoms with Gasteiger partial charge in [0.2, 0.25) is 0 Å². The smallest absolute Gasteiger partial charge is 0.261 e. The summed E-state index contributed by atoms with van der Waals surface area (Å²) in [5.41, 5.74) is 3.81. The Morgan fingerprint density at radius 2 is 1.75 bits per heavy atom. The number of carbonyl (C=O) groups is 1. The van der Waals surface area contributed by atoms with Crippen LogP contribution in [0, 0.1) is 13.8 Å². The van der Waals surface area contributed by atoms with Gasteiger partial charge < -0.3 is 4.42 Å². The molecule has 0 bridgehead atoms. The molecule has 3 aromatic carbocycles. The van der Waals surface area contributed by atoms with Crippen molar-refractivity contribution in [2.24, 2.45) is 0 Å². The first-order valence-corrected chi connectivity index (χ1v) is 13.5. The van der Waals surface area contributed by atoms with E-state index < -0.39 is 10.0 Å². The molecule has 0 unspecified atom stereocenters. The van der Waals surface area contributed by atoms with E-state index in [0.29, 0.717) is 22.1 Å². The molecule has 0 saturated heterocycles. The molecule has 0 aliphatic heterocycles. The maximum Gasteiger partial charge on any atom is 0.261 e. The molecule has 1 N–H and O–H groups in total. The fraction of sp³-hybridized carbons (Fsp3) is 0.111. The predicted molar refractivity (Wildman–Crippen MR) is 142 cm³/mol. The average Bonchev–Trinajstić information content (AvgIpc) is 3.53. The lowest BCUT2D eigenvalue weighted by Gasteiger charge is -2.19. The first kappa shape index (κ1) is 23.8. The summed E-state index contributed by atoms with van der Waals surface area (Å²) in [5, 5.41) is 0.564. The van der Waals surface area contributed by atoms with Crippen LogP contribution in [0.25, 0.3) is 10.2 Å². The van der Waals surface area contributed by atoms with E-state index in [1.54, 1.807) is 59.7 Å². The summed E-state index contributed by atoms with van der Waals surface area (Å²) in [6.07, 6.45) is 1.57. The van der Waals surface area contributed by atoms with E-state index in [2.05, 4.69) is 10.8 Å². The van der Waals surface area contributed by atoms with Crippen molar-refractivity contribution in [3.63, 3.8) is 0 Å². The monoisotopic (exact) mass is 517 g/mol. The Bertz CT molecular complexity index is 1630. The lowest BCUT2D eigenvalue weighted by molar-refractivity contribution is 0.0983. The summed E-state index contributed by atoms with van der Waals surface area (Å²) < 4.78 is 34.3. The summed E-state index contributed by atoms with van der Waals surface area (Å²) in [6, 6.07) is 22.2. The molecule has 36 heavy (non-hydrogen) atoms. The van der Waals surface area contributed by atoms with Gasteiger partial charge in [0.05, 0.1) is 27.9 Å². The van der Waals surface area contributed by atoms with Crippen LogP contribution < -0.4 is 9.62 Å². The number of sulfonamides is 1. The summed E-state index contributed by atoms with van der Waals surface area (Å²) in [5.74, 6) is 0.361. The molecule has 0 spiro atoms. The third-order valence-corrected chi connectivity index (χ3v) is 8.24. The van der Waals surface area contributed by atoms with Gasteiger partial charge in [-0.15, -0.1) is 0 Å². The van der Waals surface area contributed by atoms with Gasteiger partial charge in [-0.05, 0) is 79.6 Å². The second kappa shape index (κ2) is 9.60. The Labute approximate surface area is 213 Å². The van der Waals surface area contributed by atoms with E-state index in [-0.39, 0.29) is 17.3 Å². The van der Waals surface area contributed by atoms with E-state index in [0.717, 1.165) is 21.3 Å². The molecule has 0 fully saturated rings. The fourth-order valence-electron chi connectivity index (χ4n) is 3.92. The minimum absolute atomic E-state index is 0.163. The minimum Gasteiger partial charge on any atom is -0.467 e. The normalized spacial score (nSPS) is 11.5. The quantitative estimate of drug-likeness (QED) is 0.279. The third kappa shape index (κ3) is 4.89. The maximum atomic E-state index is 13.6. The SMILES string of the molecule is Cc1cc(C)c2sc(N(Cc3ccco3)C(=O)c3ccc(NS(=O)(=O)c4ccccc4)cc3)nc2c1. The number of nitrogens with zero attached hydrogens (tertiary/aromatic N) is 2. The highest BCUT2D eigenvalue weighted by atomic mass is 32.2. The Morgan fingerprint density at radius 1 is 1.00 bits per heavy atom. The number of thiazole rings is 1. The maximum absolute atomic E-state index is 13.6. The van der Waals surface area contributed by atoms with E-state index in [9.17, 15) is 13.2 Å². The van der Waals surface area contributed by atoms with Crippen molar-refractivity contribution < 1.29 is 17.6 Å². The molecule has 182 valence electrons. The number of furan rings is 1. The average molecular weight is 518 g/mol. The van der Waals surface area contributed by atoms with Crippen molar-refractivity contribution >= 4 is 48.3 Å². The van der Waals surface area contributed by atoms with Gasteiger partial charge in [0.15, 0.2) is 5.13 Å². The van der Waals surface area contributed by atoms with Crippen molar-refractivity contribution in [1.29, 1.82) is 0 Å². The summed E-state index contributed by atoms with van der Waals surface area (Å²) in [7, 11) is -3.73. The van der Waals surface area contributed by atoms with Crippen molar-refractivity contribution in [1.82, 2.24) is 4.98 Å². The molecule has 0 radical (unpaired) electrons. The number of amides is 1. The zero-order valence-corrected chi connectivity index (χ0v) is 21.3. The molecular weight excluding hydrogens is 494 g/mol. The number of hydrogen-bond acceptors (Lipinski definition) is 6. The van der Waals surface area contributed by atoms with Gasteiger partial charge in [-0.1, -0.05) is 35.6 Å². The van der Waals surface area contributed by atoms with Crippen molar-refractivity contribution in [2.45, 2.75) is 25.3 Å². The lowest BCUT2D eigenvalue weighted by atomic mass is 10.1. The summed E-state index contributed by atoms with van der Waals surface area (Å²) in [4.78, 5) is 20.1. The first-order chi connectivity index (χ1) is 17.3. The highest BCUT2D eigenvalue weighted by molar-refractivity contribution is 7.92. The topological polar surface area (TPSA) is 92.5 Å². The molecule has 9 heteroatoms. The number of carbonyl (C=O) groups excluding carboxylic acids is 1. The predicted octanol–water partition coefficient (Wildman–Crippen LogP) is 6.15. The van der Waals surface area contributed by atoms with Gasteiger partial charge in [-0.3, -0.25) is 14.4 Å². The fourth-order valence-corrected chi connectivity index (χ4v) is 6.01. The van der Waals surface area contributed by atoms with Gasteiger partial charge in [0, 0.05) is 11.3 Å². The van der Waals surface area contributed by atoms with Gasteiger partial charge in [-0.25, -0.2) is 13.4 Å².